The Morgan fingerprint density at radius 3 is 0.432 bits per heavy atom. The van der Waals surface area contributed by atoms with Crippen LogP contribution in [0.5, 0.6) is 0 Å². The van der Waals surface area contributed by atoms with E-state index in [0.29, 0.717) is 0 Å². The fraction of sp³-hybridized carbons (Fsp3) is 0.833. The summed E-state index contributed by atoms with van der Waals surface area (Å²) in [5, 5.41) is 40.9. The van der Waals surface area contributed by atoms with Gasteiger partial charge in [-0.1, -0.05) is 282 Å². The number of carbonyl (C=O) groups is 4. The van der Waals surface area contributed by atoms with Gasteiger partial charge in [-0.05, 0) is 154 Å². The van der Waals surface area contributed by atoms with Crippen LogP contribution in [-0.4, -0.2) is 23.9 Å². The van der Waals surface area contributed by atoms with E-state index >= 15 is 0 Å². The number of aliphatic carboxylic acids is 4. The van der Waals surface area contributed by atoms with Crippen LogP contribution in [0, 0.1) is 0 Å². The third-order valence-electron chi connectivity index (χ3n) is 14.6. The Bertz CT molecular complexity index is 1140. The van der Waals surface area contributed by atoms with Crippen molar-refractivity contribution in [1.82, 2.24) is 0 Å². The summed E-state index contributed by atoms with van der Waals surface area (Å²) in [5.41, 5.74) is 0. The Morgan fingerprint density at radius 2 is 0.309 bits per heavy atom. The SMILES string of the molecule is CCCCCCCC/C=C\CCCCCCCC(=O)[O-].CCCCCCCC/C=C\CCCCCCCC(=O)[O-].CCCCCCCC/C=C\CCCCCCCC(=O)[O-].CCCCCCCC/C=C\CCCCCCCC(=O)[O-].[W+4]. The van der Waals surface area contributed by atoms with Crippen LogP contribution in [0.4, 0.5) is 0 Å². The van der Waals surface area contributed by atoms with Gasteiger partial charge in [-0.25, -0.2) is 0 Å². The van der Waals surface area contributed by atoms with E-state index in [0.717, 1.165) is 77.0 Å². The summed E-state index contributed by atoms with van der Waals surface area (Å²) in [4.78, 5) is 40.9. The second-order valence-electron chi connectivity index (χ2n) is 22.8. The second-order valence-corrected chi connectivity index (χ2v) is 22.8. The van der Waals surface area contributed by atoms with Gasteiger partial charge in [0.15, 0.2) is 0 Å². The van der Waals surface area contributed by atoms with Crippen LogP contribution >= 0.6 is 0 Å². The van der Waals surface area contributed by atoms with Crippen LogP contribution < -0.4 is 20.4 Å². The molecule has 0 aromatic heterocycles. The maximum absolute atomic E-state index is 10.2. The van der Waals surface area contributed by atoms with Crippen molar-refractivity contribution in [2.45, 2.75) is 387 Å². The average molecular weight is 1310 g/mol. The molecule has 81 heavy (non-hydrogen) atoms. The maximum Gasteiger partial charge on any atom is 4.00 e. The molecule has 0 heterocycles. The molecular weight excluding hydrogens is 1180 g/mol. The van der Waals surface area contributed by atoms with Gasteiger partial charge in [0.05, 0.1) is 0 Å². The average Bonchev–Trinajstić information content (AvgIpc) is 3.43. The monoisotopic (exact) mass is 1310 g/mol. The summed E-state index contributed by atoms with van der Waals surface area (Å²) in [6, 6.07) is 0. The van der Waals surface area contributed by atoms with Crippen LogP contribution in [0.15, 0.2) is 48.6 Å². The summed E-state index contributed by atoms with van der Waals surface area (Å²) in [5.74, 6) is -3.66. The van der Waals surface area contributed by atoms with E-state index in [1.165, 1.54) is 257 Å². The number of unbranched alkanes of at least 4 members (excludes halogenated alkanes) is 44. The van der Waals surface area contributed by atoms with Crippen LogP contribution in [0.1, 0.15) is 387 Å². The third-order valence-corrected chi connectivity index (χ3v) is 14.6. The molecule has 0 radical (unpaired) electrons. The zero-order valence-corrected chi connectivity index (χ0v) is 56.8. The standard InChI is InChI=1S/4C18H34O2.W/c4*1-2-3-4-5-6-7-8-9-10-11-12-13-14-15-16-17-18(19)20;/h4*9-10H,2-8,11-17H2,1H3,(H,19,20);/q;;;;+4/p-4/b4*10-9-;. The first-order chi connectivity index (χ1) is 39.1. The molecule has 0 aromatic carbocycles. The largest absolute Gasteiger partial charge is 4.00 e. The molecule has 9 heteroatoms. The van der Waals surface area contributed by atoms with Crippen LogP contribution in [-0.2, 0) is 40.2 Å². The van der Waals surface area contributed by atoms with Gasteiger partial charge in [-0.3, -0.25) is 0 Å². The number of carbonyl (C=O) groups excluding carboxylic acids is 4. The van der Waals surface area contributed by atoms with E-state index in [2.05, 4.69) is 76.3 Å². The Hall–Kier alpha value is -2.47. The van der Waals surface area contributed by atoms with Crippen molar-refractivity contribution in [3.05, 3.63) is 48.6 Å². The van der Waals surface area contributed by atoms with Crippen molar-refractivity contribution in [2.24, 2.45) is 0 Å². The molecule has 8 nitrogen and oxygen atoms in total. The van der Waals surface area contributed by atoms with E-state index in [1.807, 2.05) is 0 Å². The van der Waals surface area contributed by atoms with Gasteiger partial charge in [-0.2, -0.15) is 0 Å². The van der Waals surface area contributed by atoms with Crippen molar-refractivity contribution >= 4 is 23.9 Å². The van der Waals surface area contributed by atoms with Gasteiger partial charge in [0.2, 0.25) is 0 Å². The smallest absolute Gasteiger partial charge is 0.550 e. The molecule has 474 valence electrons. The van der Waals surface area contributed by atoms with Crippen LogP contribution in [0.3, 0.4) is 0 Å². The van der Waals surface area contributed by atoms with E-state index in [4.69, 9.17) is 0 Å². The zero-order valence-electron chi connectivity index (χ0n) is 53.9. The minimum Gasteiger partial charge on any atom is -0.550 e. The Kier molecular flexibility index (Phi) is 90.5. The molecule has 0 atom stereocenters. The fourth-order valence-corrected chi connectivity index (χ4v) is 9.36. The van der Waals surface area contributed by atoms with Gasteiger partial charge in [0.25, 0.3) is 0 Å². The van der Waals surface area contributed by atoms with Gasteiger partial charge >= 0.3 is 21.1 Å². The Balaban J connectivity index is -0.000000316. The number of rotatable bonds is 60. The van der Waals surface area contributed by atoms with Crippen molar-refractivity contribution in [3.8, 4) is 0 Å². The molecule has 0 bridgehead atoms. The third kappa shape index (κ3) is 103. The molecular formula is C72H132O8W. The predicted molar refractivity (Wildman–Crippen MR) is 338 cm³/mol. The maximum atomic E-state index is 10.2. The molecule has 0 fully saturated rings. The number of allylic oxidation sites excluding steroid dienone is 8. The molecule has 0 aliphatic rings. The van der Waals surface area contributed by atoms with E-state index in [1.54, 1.807) is 0 Å². The molecule has 0 unspecified atom stereocenters. The molecule has 0 saturated carbocycles. The van der Waals surface area contributed by atoms with Gasteiger partial charge < -0.3 is 39.6 Å². The molecule has 0 aliphatic heterocycles. The molecule has 0 N–H and O–H groups in total. The fourth-order valence-electron chi connectivity index (χ4n) is 9.36. The summed E-state index contributed by atoms with van der Waals surface area (Å²) in [6.07, 6.45) is 83.6. The Morgan fingerprint density at radius 1 is 0.198 bits per heavy atom. The molecule has 0 amide bonds. The summed E-state index contributed by atoms with van der Waals surface area (Å²) in [7, 11) is 0. The minimum atomic E-state index is -0.914. The van der Waals surface area contributed by atoms with Gasteiger partial charge in [-0.15, -0.1) is 0 Å². The molecule has 0 saturated heterocycles. The Labute approximate surface area is 517 Å². The quantitative estimate of drug-likeness (QED) is 0.0430. The first kappa shape index (κ1) is 87.3. The van der Waals surface area contributed by atoms with Crippen molar-refractivity contribution in [2.75, 3.05) is 0 Å². The zero-order chi connectivity index (χ0) is 59.6. The molecule has 0 spiro atoms. The molecule has 0 aliphatic carbocycles. The van der Waals surface area contributed by atoms with Crippen molar-refractivity contribution in [1.29, 1.82) is 0 Å². The summed E-state index contributed by atoms with van der Waals surface area (Å²) < 4.78 is 0. The number of carboxylic acids is 4. The first-order valence-corrected chi connectivity index (χ1v) is 34.5. The van der Waals surface area contributed by atoms with E-state index in [-0.39, 0.29) is 46.7 Å². The predicted octanol–water partition coefficient (Wildman–Crippen LogP) is 19.1. The number of hydrogen-bond donors (Lipinski definition) is 0. The van der Waals surface area contributed by atoms with Gasteiger partial charge in [0.1, 0.15) is 0 Å². The van der Waals surface area contributed by atoms with E-state index in [9.17, 15) is 39.6 Å². The van der Waals surface area contributed by atoms with E-state index < -0.39 is 23.9 Å². The molecule has 0 rings (SSSR count). The summed E-state index contributed by atoms with van der Waals surface area (Å²) in [6.45, 7) is 9.02. The van der Waals surface area contributed by atoms with Crippen LogP contribution in [0.25, 0.3) is 0 Å². The normalized spacial score (nSPS) is 11.1. The summed E-state index contributed by atoms with van der Waals surface area (Å²) >= 11 is 0. The number of hydrogen-bond acceptors (Lipinski definition) is 8. The number of carboxylic acid groups (broad SMARTS) is 4. The molecule has 0 aromatic rings. The minimum absolute atomic E-state index is 0. The topological polar surface area (TPSA) is 161 Å². The second kappa shape index (κ2) is 84.0. The van der Waals surface area contributed by atoms with Crippen LogP contribution in [0.2, 0.25) is 0 Å². The van der Waals surface area contributed by atoms with Gasteiger partial charge in [0, 0.05) is 23.9 Å². The first-order valence-electron chi connectivity index (χ1n) is 34.5. The van der Waals surface area contributed by atoms with Crippen molar-refractivity contribution in [3.63, 3.8) is 0 Å². The van der Waals surface area contributed by atoms with Crippen molar-refractivity contribution < 1.29 is 60.7 Å².